The minimum Gasteiger partial charge on any atom is -0.453 e. The standard InChI is InChI=1S/C10H12BrN3O2/c1-7(8-2-3-9(11)15-8)12-5-4-10-13-6-14-16-10/h2-3,6-7,12H,4-5H2,1H3. The van der Waals surface area contributed by atoms with Crippen LogP contribution < -0.4 is 5.32 Å². The quantitative estimate of drug-likeness (QED) is 0.913. The van der Waals surface area contributed by atoms with Gasteiger partial charge in [-0.2, -0.15) is 4.98 Å². The van der Waals surface area contributed by atoms with E-state index in [0.717, 1.165) is 17.0 Å². The van der Waals surface area contributed by atoms with Crippen LogP contribution in [0.1, 0.15) is 24.6 Å². The zero-order valence-corrected chi connectivity index (χ0v) is 10.4. The van der Waals surface area contributed by atoms with Crippen LogP contribution in [-0.4, -0.2) is 16.7 Å². The second-order valence-corrected chi connectivity index (χ2v) is 4.18. The highest BCUT2D eigenvalue weighted by atomic mass is 79.9. The number of nitrogens with zero attached hydrogens (tertiary/aromatic N) is 2. The summed E-state index contributed by atoms with van der Waals surface area (Å²) in [5, 5.41) is 6.85. The summed E-state index contributed by atoms with van der Waals surface area (Å²) in [5.74, 6) is 1.54. The first-order chi connectivity index (χ1) is 7.75. The Kier molecular flexibility index (Phi) is 3.74. The summed E-state index contributed by atoms with van der Waals surface area (Å²) in [6.07, 6.45) is 2.12. The monoisotopic (exact) mass is 285 g/mol. The maximum atomic E-state index is 5.44. The lowest BCUT2D eigenvalue weighted by Crippen LogP contribution is -2.21. The molecule has 86 valence electrons. The highest BCUT2D eigenvalue weighted by molar-refractivity contribution is 9.10. The Labute approximate surface area is 101 Å². The van der Waals surface area contributed by atoms with Gasteiger partial charge in [-0.05, 0) is 35.0 Å². The van der Waals surface area contributed by atoms with Crippen LogP contribution in [-0.2, 0) is 6.42 Å². The molecule has 0 saturated heterocycles. The van der Waals surface area contributed by atoms with Crippen molar-refractivity contribution in [2.24, 2.45) is 0 Å². The molecular formula is C10H12BrN3O2. The summed E-state index contributed by atoms with van der Waals surface area (Å²) >= 11 is 3.27. The van der Waals surface area contributed by atoms with Crippen LogP contribution in [0.25, 0.3) is 0 Å². The van der Waals surface area contributed by atoms with Crippen molar-refractivity contribution in [1.29, 1.82) is 0 Å². The number of rotatable bonds is 5. The van der Waals surface area contributed by atoms with E-state index in [1.807, 2.05) is 19.1 Å². The van der Waals surface area contributed by atoms with Gasteiger partial charge in [-0.1, -0.05) is 5.16 Å². The SMILES string of the molecule is CC(NCCc1ncno1)c1ccc(Br)o1. The highest BCUT2D eigenvalue weighted by Gasteiger charge is 2.09. The van der Waals surface area contributed by atoms with Gasteiger partial charge in [-0.3, -0.25) is 0 Å². The Morgan fingerprint density at radius 3 is 3.00 bits per heavy atom. The van der Waals surface area contributed by atoms with E-state index in [0.29, 0.717) is 12.3 Å². The molecule has 0 saturated carbocycles. The molecule has 6 heteroatoms. The zero-order valence-electron chi connectivity index (χ0n) is 8.81. The van der Waals surface area contributed by atoms with Crippen LogP contribution in [0.4, 0.5) is 0 Å². The molecule has 1 N–H and O–H groups in total. The fourth-order valence-corrected chi connectivity index (χ4v) is 1.68. The van der Waals surface area contributed by atoms with Crippen molar-refractivity contribution >= 4 is 15.9 Å². The largest absolute Gasteiger partial charge is 0.453 e. The van der Waals surface area contributed by atoms with Gasteiger partial charge in [0.2, 0.25) is 5.89 Å². The van der Waals surface area contributed by atoms with Gasteiger partial charge < -0.3 is 14.3 Å². The average molecular weight is 286 g/mol. The van der Waals surface area contributed by atoms with Crippen molar-refractivity contribution in [1.82, 2.24) is 15.5 Å². The third kappa shape index (κ3) is 2.93. The minimum atomic E-state index is 0.161. The van der Waals surface area contributed by atoms with E-state index in [1.165, 1.54) is 6.33 Å². The first kappa shape index (κ1) is 11.3. The van der Waals surface area contributed by atoms with Gasteiger partial charge in [0, 0.05) is 13.0 Å². The first-order valence-corrected chi connectivity index (χ1v) is 5.79. The summed E-state index contributed by atoms with van der Waals surface area (Å²) in [5.41, 5.74) is 0. The van der Waals surface area contributed by atoms with Crippen molar-refractivity contribution in [3.05, 3.63) is 34.8 Å². The minimum absolute atomic E-state index is 0.161. The summed E-state index contributed by atoms with van der Waals surface area (Å²) in [6, 6.07) is 3.98. The van der Waals surface area contributed by atoms with Crippen LogP contribution in [0, 0.1) is 0 Å². The fourth-order valence-electron chi connectivity index (χ4n) is 1.36. The lowest BCUT2D eigenvalue weighted by molar-refractivity contribution is 0.366. The Morgan fingerprint density at radius 1 is 1.50 bits per heavy atom. The number of hydrogen-bond donors (Lipinski definition) is 1. The van der Waals surface area contributed by atoms with Crippen molar-refractivity contribution < 1.29 is 8.94 Å². The van der Waals surface area contributed by atoms with Gasteiger partial charge in [-0.25, -0.2) is 0 Å². The maximum absolute atomic E-state index is 5.44. The Morgan fingerprint density at radius 2 is 2.38 bits per heavy atom. The molecule has 0 aromatic carbocycles. The lowest BCUT2D eigenvalue weighted by Gasteiger charge is -2.09. The topological polar surface area (TPSA) is 64.1 Å². The number of aromatic nitrogens is 2. The molecular weight excluding hydrogens is 274 g/mol. The van der Waals surface area contributed by atoms with Crippen LogP contribution in [0.3, 0.4) is 0 Å². The molecule has 0 aliphatic carbocycles. The van der Waals surface area contributed by atoms with Crippen molar-refractivity contribution in [3.63, 3.8) is 0 Å². The Balaban J connectivity index is 1.78. The van der Waals surface area contributed by atoms with Gasteiger partial charge >= 0.3 is 0 Å². The molecule has 2 aromatic heterocycles. The van der Waals surface area contributed by atoms with E-state index in [2.05, 4.69) is 31.4 Å². The molecule has 0 aliphatic rings. The number of furan rings is 1. The summed E-state index contributed by atoms with van der Waals surface area (Å²) in [7, 11) is 0. The molecule has 1 unspecified atom stereocenters. The Hall–Kier alpha value is -1.14. The van der Waals surface area contributed by atoms with Crippen LogP contribution in [0.15, 0.2) is 32.1 Å². The molecule has 0 spiro atoms. The number of hydrogen-bond acceptors (Lipinski definition) is 5. The lowest BCUT2D eigenvalue weighted by atomic mass is 10.2. The Bertz CT molecular complexity index is 427. The highest BCUT2D eigenvalue weighted by Crippen LogP contribution is 2.19. The number of nitrogens with one attached hydrogen (secondary N) is 1. The maximum Gasteiger partial charge on any atom is 0.227 e. The summed E-state index contributed by atoms with van der Waals surface area (Å²) < 4.78 is 11.1. The fraction of sp³-hybridized carbons (Fsp3) is 0.400. The van der Waals surface area contributed by atoms with Crippen LogP contribution >= 0.6 is 15.9 Å². The average Bonchev–Trinajstić information content (AvgIpc) is 2.89. The molecule has 0 fully saturated rings. The van der Waals surface area contributed by atoms with Gasteiger partial charge in [0.05, 0.1) is 6.04 Å². The summed E-state index contributed by atoms with van der Waals surface area (Å²) in [4.78, 5) is 3.94. The van der Waals surface area contributed by atoms with Crippen molar-refractivity contribution in [2.45, 2.75) is 19.4 Å². The third-order valence-electron chi connectivity index (χ3n) is 2.22. The normalized spacial score (nSPS) is 12.9. The second kappa shape index (κ2) is 5.27. The second-order valence-electron chi connectivity index (χ2n) is 3.40. The first-order valence-electron chi connectivity index (χ1n) is 5.00. The molecule has 16 heavy (non-hydrogen) atoms. The van der Waals surface area contributed by atoms with E-state index < -0.39 is 0 Å². The predicted octanol–water partition coefficient (Wildman–Crippen LogP) is 2.32. The number of halogens is 1. The van der Waals surface area contributed by atoms with Crippen LogP contribution in [0.2, 0.25) is 0 Å². The van der Waals surface area contributed by atoms with E-state index in [-0.39, 0.29) is 6.04 Å². The van der Waals surface area contributed by atoms with Gasteiger partial charge in [0.25, 0.3) is 0 Å². The molecule has 0 radical (unpaired) electrons. The van der Waals surface area contributed by atoms with Crippen molar-refractivity contribution in [3.8, 4) is 0 Å². The van der Waals surface area contributed by atoms with Gasteiger partial charge in [0.15, 0.2) is 11.0 Å². The molecule has 0 bridgehead atoms. The molecule has 1 atom stereocenters. The molecule has 2 rings (SSSR count). The van der Waals surface area contributed by atoms with Gasteiger partial charge in [0.1, 0.15) is 5.76 Å². The smallest absolute Gasteiger partial charge is 0.227 e. The van der Waals surface area contributed by atoms with Crippen LogP contribution in [0.5, 0.6) is 0 Å². The molecule has 2 heterocycles. The third-order valence-corrected chi connectivity index (χ3v) is 2.64. The van der Waals surface area contributed by atoms with E-state index >= 15 is 0 Å². The van der Waals surface area contributed by atoms with E-state index in [1.54, 1.807) is 0 Å². The van der Waals surface area contributed by atoms with E-state index in [4.69, 9.17) is 8.94 Å². The zero-order chi connectivity index (χ0) is 11.4. The molecule has 2 aromatic rings. The summed E-state index contributed by atoms with van der Waals surface area (Å²) in [6.45, 7) is 2.81. The molecule has 0 aliphatic heterocycles. The van der Waals surface area contributed by atoms with E-state index in [9.17, 15) is 0 Å². The van der Waals surface area contributed by atoms with Crippen molar-refractivity contribution in [2.75, 3.05) is 6.54 Å². The molecule has 5 nitrogen and oxygen atoms in total. The molecule has 0 amide bonds. The van der Waals surface area contributed by atoms with Gasteiger partial charge in [-0.15, -0.1) is 0 Å². The predicted molar refractivity (Wildman–Crippen MR) is 60.8 cm³/mol.